The predicted molar refractivity (Wildman–Crippen MR) is 79.2 cm³/mol. The van der Waals surface area contributed by atoms with Crippen LogP contribution in [0.3, 0.4) is 0 Å². The summed E-state index contributed by atoms with van der Waals surface area (Å²) < 4.78 is 13.7. The highest BCUT2D eigenvalue weighted by atomic mass is 19.1. The number of anilines is 2. The lowest BCUT2D eigenvalue weighted by atomic mass is 10.1. The highest BCUT2D eigenvalue weighted by Crippen LogP contribution is 2.20. The van der Waals surface area contributed by atoms with Gasteiger partial charge in [0.25, 0.3) is 0 Å². The summed E-state index contributed by atoms with van der Waals surface area (Å²) >= 11 is 0. The predicted octanol–water partition coefficient (Wildman–Crippen LogP) is 3.70. The minimum absolute atomic E-state index is 0.179. The summed E-state index contributed by atoms with van der Waals surface area (Å²) in [6, 6.07) is 12.5. The van der Waals surface area contributed by atoms with Crippen molar-refractivity contribution in [2.24, 2.45) is 0 Å². The molecule has 0 bridgehead atoms. The lowest BCUT2D eigenvalue weighted by Crippen LogP contribution is -2.07. The number of benzene rings is 2. The Kier molecular flexibility index (Phi) is 4.35. The largest absolute Gasteiger partial charge is 0.379 e. The van der Waals surface area contributed by atoms with Crippen LogP contribution in [0, 0.1) is 12.7 Å². The van der Waals surface area contributed by atoms with Gasteiger partial charge in [-0.25, -0.2) is 4.39 Å². The van der Waals surface area contributed by atoms with E-state index in [4.69, 9.17) is 0 Å². The van der Waals surface area contributed by atoms with Crippen molar-refractivity contribution in [3.63, 3.8) is 0 Å². The minimum atomic E-state index is -0.341. The molecule has 0 saturated heterocycles. The van der Waals surface area contributed by atoms with Gasteiger partial charge in [-0.05, 0) is 30.7 Å². The van der Waals surface area contributed by atoms with Crippen LogP contribution in [0.5, 0.6) is 0 Å². The Morgan fingerprint density at radius 1 is 1.20 bits per heavy atom. The fourth-order valence-electron chi connectivity index (χ4n) is 1.96. The first kappa shape index (κ1) is 14.1. The van der Waals surface area contributed by atoms with Gasteiger partial charge in [-0.3, -0.25) is 4.79 Å². The van der Waals surface area contributed by atoms with Gasteiger partial charge in [0, 0.05) is 19.2 Å². The molecule has 2 aromatic rings. The van der Waals surface area contributed by atoms with E-state index in [1.54, 1.807) is 6.07 Å². The van der Waals surface area contributed by atoms with Crippen molar-refractivity contribution in [2.45, 2.75) is 20.4 Å². The number of nitrogens with one attached hydrogen (secondary N) is 2. The van der Waals surface area contributed by atoms with Crippen molar-refractivity contribution in [1.82, 2.24) is 0 Å². The Morgan fingerprint density at radius 2 is 2.00 bits per heavy atom. The zero-order valence-corrected chi connectivity index (χ0v) is 11.5. The topological polar surface area (TPSA) is 41.1 Å². The number of rotatable bonds is 4. The van der Waals surface area contributed by atoms with Gasteiger partial charge in [0.2, 0.25) is 5.91 Å². The van der Waals surface area contributed by atoms with Gasteiger partial charge >= 0.3 is 0 Å². The normalized spacial score (nSPS) is 10.2. The van der Waals surface area contributed by atoms with E-state index in [-0.39, 0.29) is 11.7 Å². The Balaban J connectivity index is 2.10. The molecule has 0 aromatic heterocycles. The van der Waals surface area contributed by atoms with Crippen molar-refractivity contribution in [3.05, 3.63) is 59.4 Å². The average molecular weight is 272 g/mol. The first-order valence-corrected chi connectivity index (χ1v) is 6.41. The van der Waals surface area contributed by atoms with Crippen molar-refractivity contribution in [2.75, 3.05) is 10.6 Å². The van der Waals surface area contributed by atoms with Gasteiger partial charge in [-0.2, -0.15) is 0 Å². The van der Waals surface area contributed by atoms with E-state index < -0.39 is 0 Å². The third-order valence-corrected chi connectivity index (χ3v) is 2.85. The SMILES string of the molecule is CC(=O)Nc1ccc(F)c(NCc2cccc(C)c2)c1. The zero-order chi connectivity index (χ0) is 14.5. The third-order valence-electron chi connectivity index (χ3n) is 2.85. The van der Waals surface area contributed by atoms with Crippen molar-refractivity contribution in [3.8, 4) is 0 Å². The molecule has 0 radical (unpaired) electrons. The molecule has 2 aromatic carbocycles. The van der Waals surface area contributed by atoms with Crippen LogP contribution in [0.2, 0.25) is 0 Å². The van der Waals surface area contributed by atoms with Crippen LogP contribution in [-0.2, 0) is 11.3 Å². The number of hydrogen-bond donors (Lipinski definition) is 2. The quantitative estimate of drug-likeness (QED) is 0.891. The number of aryl methyl sites for hydroxylation is 1. The van der Waals surface area contributed by atoms with Gasteiger partial charge in [0.05, 0.1) is 5.69 Å². The van der Waals surface area contributed by atoms with E-state index in [2.05, 4.69) is 10.6 Å². The first-order chi connectivity index (χ1) is 9.54. The van der Waals surface area contributed by atoms with Gasteiger partial charge < -0.3 is 10.6 Å². The van der Waals surface area contributed by atoms with E-state index in [1.165, 1.54) is 19.1 Å². The third kappa shape index (κ3) is 3.82. The molecular formula is C16H17FN2O. The highest BCUT2D eigenvalue weighted by Gasteiger charge is 2.04. The molecule has 1 amide bonds. The maximum atomic E-state index is 13.7. The van der Waals surface area contributed by atoms with Crippen molar-refractivity contribution in [1.29, 1.82) is 0 Å². The molecule has 0 saturated carbocycles. The molecular weight excluding hydrogens is 255 g/mol. The summed E-state index contributed by atoms with van der Waals surface area (Å²) in [6.45, 7) is 3.97. The van der Waals surface area contributed by atoms with E-state index in [0.717, 1.165) is 11.1 Å². The second-order valence-corrected chi connectivity index (χ2v) is 4.72. The monoisotopic (exact) mass is 272 g/mol. The molecule has 0 fully saturated rings. The molecule has 2 rings (SSSR count). The summed E-state index contributed by atoms with van der Waals surface area (Å²) in [5, 5.41) is 5.68. The molecule has 0 unspecified atom stereocenters. The molecule has 4 heteroatoms. The molecule has 0 heterocycles. The Morgan fingerprint density at radius 3 is 2.70 bits per heavy atom. The number of hydrogen-bond acceptors (Lipinski definition) is 2. The zero-order valence-electron chi connectivity index (χ0n) is 11.5. The van der Waals surface area contributed by atoms with Crippen molar-refractivity contribution >= 4 is 17.3 Å². The van der Waals surface area contributed by atoms with Crippen LogP contribution in [0.1, 0.15) is 18.1 Å². The summed E-state index contributed by atoms with van der Waals surface area (Å²) in [6.07, 6.45) is 0. The maximum absolute atomic E-state index is 13.7. The number of amides is 1. The van der Waals surface area contributed by atoms with Gasteiger partial charge in [-0.1, -0.05) is 29.8 Å². The van der Waals surface area contributed by atoms with Gasteiger partial charge in [-0.15, -0.1) is 0 Å². The van der Waals surface area contributed by atoms with Crippen LogP contribution >= 0.6 is 0 Å². The van der Waals surface area contributed by atoms with Crippen LogP contribution in [0.15, 0.2) is 42.5 Å². The second kappa shape index (κ2) is 6.19. The van der Waals surface area contributed by atoms with Gasteiger partial charge in [0.1, 0.15) is 5.82 Å². The summed E-state index contributed by atoms with van der Waals surface area (Å²) in [7, 11) is 0. The molecule has 104 valence electrons. The first-order valence-electron chi connectivity index (χ1n) is 6.41. The number of carbonyl (C=O) groups excluding carboxylic acids is 1. The number of carbonyl (C=O) groups is 1. The van der Waals surface area contributed by atoms with Crippen LogP contribution in [-0.4, -0.2) is 5.91 Å². The Hall–Kier alpha value is -2.36. The average Bonchev–Trinajstić information content (AvgIpc) is 2.39. The smallest absolute Gasteiger partial charge is 0.221 e. The lowest BCUT2D eigenvalue weighted by Gasteiger charge is -2.10. The van der Waals surface area contributed by atoms with Crippen LogP contribution < -0.4 is 10.6 Å². The molecule has 0 aliphatic heterocycles. The molecule has 2 N–H and O–H groups in total. The lowest BCUT2D eigenvalue weighted by molar-refractivity contribution is -0.114. The van der Waals surface area contributed by atoms with Crippen molar-refractivity contribution < 1.29 is 9.18 Å². The van der Waals surface area contributed by atoms with E-state index >= 15 is 0 Å². The van der Waals surface area contributed by atoms with E-state index in [1.807, 2.05) is 31.2 Å². The Bertz CT molecular complexity index is 626. The Labute approximate surface area is 117 Å². The molecule has 0 aliphatic carbocycles. The van der Waals surface area contributed by atoms with Gasteiger partial charge in [0.15, 0.2) is 0 Å². The number of halogens is 1. The molecule has 3 nitrogen and oxygen atoms in total. The van der Waals surface area contributed by atoms with Crippen LogP contribution in [0.25, 0.3) is 0 Å². The second-order valence-electron chi connectivity index (χ2n) is 4.72. The van der Waals surface area contributed by atoms with Crippen LogP contribution in [0.4, 0.5) is 15.8 Å². The fraction of sp³-hybridized carbons (Fsp3) is 0.188. The molecule has 0 aliphatic rings. The summed E-state index contributed by atoms with van der Waals surface area (Å²) in [4.78, 5) is 11.0. The maximum Gasteiger partial charge on any atom is 0.221 e. The highest BCUT2D eigenvalue weighted by molar-refractivity contribution is 5.89. The molecule has 20 heavy (non-hydrogen) atoms. The molecule has 0 spiro atoms. The summed E-state index contributed by atoms with van der Waals surface area (Å²) in [5.74, 6) is -0.520. The fourth-order valence-corrected chi connectivity index (χ4v) is 1.96. The minimum Gasteiger partial charge on any atom is -0.379 e. The standard InChI is InChI=1S/C16H17FN2O/c1-11-4-3-5-13(8-11)10-18-16-9-14(19-12(2)20)6-7-15(16)17/h3-9,18H,10H2,1-2H3,(H,19,20). The summed E-state index contributed by atoms with van der Waals surface area (Å²) in [5.41, 5.74) is 3.19. The van der Waals surface area contributed by atoms with E-state index in [9.17, 15) is 9.18 Å². The van der Waals surface area contributed by atoms with E-state index in [0.29, 0.717) is 17.9 Å². The molecule has 0 atom stereocenters.